The number of methoxy groups -OCH3 is 1. The first-order valence-corrected chi connectivity index (χ1v) is 11.6. The van der Waals surface area contributed by atoms with E-state index in [9.17, 15) is 10.1 Å². The smallest absolute Gasteiger partial charge is 0.268 e. The molecule has 1 aliphatic rings. The maximum absolute atomic E-state index is 12.5. The number of aromatic nitrogens is 2. The largest absolute Gasteiger partial charge is 0.493 e. The van der Waals surface area contributed by atoms with Gasteiger partial charge in [-0.3, -0.25) is 10.1 Å². The number of amides is 1. The fourth-order valence-electron chi connectivity index (χ4n) is 2.91. The minimum atomic E-state index is -0.566. The highest BCUT2D eigenvalue weighted by atomic mass is 32.2. The van der Waals surface area contributed by atoms with Gasteiger partial charge in [-0.15, -0.1) is 0 Å². The molecule has 3 aromatic rings. The van der Waals surface area contributed by atoms with Crippen LogP contribution in [-0.2, 0) is 11.4 Å². The Kier molecular flexibility index (Phi) is 6.97. The lowest BCUT2D eigenvalue weighted by Gasteiger charge is -2.12. The average molecular weight is 483 g/mol. The van der Waals surface area contributed by atoms with E-state index in [1.54, 1.807) is 18.2 Å². The molecule has 0 atom stereocenters. The van der Waals surface area contributed by atoms with Crippen LogP contribution < -0.4 is 24.3 Å². The summed E-state index contributed by atoms with van der Waals surface area (Å²) in [5, 5.41) is 12.9. The van der Waals surface area contributed by atoms with Gasteiger partial charge >= 0.3 is 0 Å². The number of anilines is 1. The minimum absolute atomic E-state index is 0.0769. The summed E-state index contributed by atoms with van der Waals surface area (Å²) in [6.07, 6.45) is 3.31. The van der Waals surface area contributed by atoms with Crippen molar-refractivity contribution in [3.05, 3.63) is 53.1 Å². The van der Waals surface area contributed by atoms with Crippen LogP contribution in [0, 0.1) is 11.3 Å². The molecular weight excluding hydrogens is 464 g/mol. The van der Waals surface area contributed by atoms with Gasteiger partial charge in [0.25, 0.3) is 5.91 Å². The molecule has 0 spiro atoms. The molecule has 2 aromatic carbocycles. The van der Waals surface area contributed by atoms with E-state index in [1.165, 1.54) is 24.9 Å². The normalized spacial score (nSPS) is 12.2. The summed E-state index contributed by atoms with van der Waals surface area (Å²) < 4.78 is 26.1. The van der Waals surface area contributed by atoms with Gasteiger partial charge in [-0.1, -0.05) is 23.9 Å². The molecule has 0 saturated heterocycles. The molecule has 1 aliphatic heterocycles. The topological polar surface area (TPSA) is 116 Å². The van der Waals surface area contributed by atoms with Gasteiger partial charge in [-0.25, -0.2) is 0 Å². The molecule has 1 amide bonds. The Morgan fingerprint density at radius 1 is 1.27 bits per heavy atom. The Balaban J connectivity index is 1.46. The van der Waals surface area contributed by atoms with E-state index < -0.39 is 5.91 Å². The van der Waals surface area contributed by atoms with Crippen molar-refractivity contribution in [2.24, 2.45) is 0 Å². The standard InChI is InChI=1S/C22H18N4O5S2/c1-28-18-8-13(7-15(10-23)20(27)24-21-25-22(32-2)26-33-21)3-5-16(18)29-11-14-4-6-17-19(9-14)31-12-30-17/h3-9H,11-12H2,1-2H3,(H,24,25,26,27). The van der Waals surface area contributed by atoms with Crippen LogP contribution in [0.25, 0.3) is 6.08 Å². The quantitative estimate of drug-likeness (QED) is 0.287. The van der Waals surface area contributed by atoms with Crippen LogP contribution in [-0.4, -0.2) is 35.4 Å². The van der Waals surface area contributed by atoms with Crippen molar-refractivity contribution in [2.75, 3.05) is 25.5 Å². The predicted molar refractivity (Wildman–Crippen MR) is 124 cm³/mol. The summed E-state index contributed by atoms with van der Waals surface area (Å²) in [5.41, 5.74) is 1.44. The molecular formula is C22H18N4O5S2. The SMILES string of the molecule is COc1cc(C=C(C#N)C(=O)Nc2nc(SC)ns2)ccc1OCc1ccc2c(c1)OCO2. The van der Waals surface area contributed by atoms with Crippen LogP contribution in [0.2, 0.25) is 0 Å². The third-order valence-corrected chi connectivity index (χ3v) is 5.80. The van der Waals surface area contributed by atoms with Crippen molar-refractivity contribution in [1.82, 2.24) is 9.36 Å². The number of hydrogen-bond donors (Lipinski definition) is 1. The summed E-state index contributed by atoms with van der Waals surface area (Å²) in [4.78, 5) is 16.6. The summed E-state index contributed by atoms with van der Waals surface area (Å²) >= 11 is 2.42. The van der Waals surface area contributed by atoms with Gasteiger partial charge in [0.1, 0.15) is 18.2 Å². The van der Waals surface area contributed by atoms with Crippen molar-refractivity contribution in [2.45, 2.75) is 11.8 Å². The van der Waals surface area contributed by atoms with E-state index in [-0.39, 0.29) is 12.4 Å². The van der Waals surface area contributed by atoms with E-state index in [1.807, 2.05) is 30.5 Å². The number of ether oxygens (including phenoxy) is 4. The number of nitriles is 1. The van der Waals surface area contributed by atoms with Crippen LogP contribution in [0.1, 0.15) is 11.1 Å². The van der Waals surface area contributed by atoms with Gasteiger partial charge in [-0.05, 0) is 47.7 Å². The molecule has 11 heteroatoms. The third-order valence-electron chi connectivity index (χ3n) is 4.51. The molecule has 33 heavy (non-hydrogen) atoms. The van der Waals surface area contributed by atoms with E-state index in [4.69, 9.17) is 18.9 Å². The molecule has 9 nitrogen and oxygen atoms in total. The molecule has 0 radical (unpaired) electrons. The highest BCUT2D eigenvalue weighted by Crippen LogP contribution is 2.34. The van der Waals surface area contributed by atoms with E-state index in [2.05, 4.69) is 14.7 Å². The van der Waals surface area contributed by atoms with Gasteiger partial charge in [0.05, 0.1) is 7.11 Å². The van der Waals surface area contributed by atoms with E-state index in [0.29, 0.717) is 45.5 Å². The lowest BCUT2D eigenvalue weighted by molar-refractivity contribution is -0.112. The Morgan fingerprint density at radius 3 is 2.88 bits per heavy atom. The second kappa shape index (κ2) is 10.2. The molecule has 4 rings (SSSR count). The fraction of sp³-hybridized carbons (Fsp3) is 0.182. The molecule has 1 N–H and O–H groups in total. The summed E-state index contributed by atoms with van der Waals surface area (Å²) in [6, 6.07) is 12.7. The molecule has 168 valence electrons. The number of benzene rings is 2. The van der Waals surface area contributed by atoms with Crippen molar-refractivity contribution in [1.29, 1.82) is 5.26 Å². The van der Waals surface area contributed by atoms with Gasteiger partial charge in [-0.2, -0.15) is 14.6 Å². The Labute approximate surface area is 198 Å². The summed E-state index contributed by atoms with van der Waals surface area (Å²) in [7, 11) is 1.52. The van der Waals surface area contributed by atoms with E-state index >= 15 is 0 Å². The van der Waals surface area contributed by atoms with Gasteiger partial charge in [0.2, 0.25) is 17.1 Å². The van der Waals surface area contributed by atoms with Gasteiger partial charge < -0.3 is 18.9 Å². The van der Waals surface area contributed by atoms with Gasteiger partial charge in [0, 0.05) is 11.5 Å². The van der Waals surface area contributed by atoms with Crippen molar-refractivity contribution >= 4 is 40.4 Å². The highest BCUT2D eigenvalue weighted by molar-refractivity contribution is 7.98. The third kappa shape index (κ3) is 5.36. The molecule has 0 unspecified atom stereocenters. The molecule has 1 aromatic heterocycles. The molecule has 0 aliphatic carbocycles. The number of nitrogens with one attached hydrogen (secondary N) is 1. The molecule has 0 bridgehead atoms. The first kappa shape index (κ1) is 22.4. The molecule has 2 heterocycles. The average Bonchev–Trinajstić information content (AvgIpc) is 3.50. The zero-order valence-electron chi connectivity index (χ0n) is 17.7. The lowest BCUT2D eigenvalue weighted by Crippen LogP contribution is -2.13. The van der Waals surface area contributed by atoms with Crippen LogP contribution in [0.4, 0.5) is 5.13 Å². The van der Waals surface area contributed by atoms with E-state index in [0.717, 1.165) is 17.1 Å². The van der Waals surface area contributed by atoms with Crippen molar-refractivity contribution < 1.29 is 23.7 Å². The molecule has 0 fully saturated rings. The fourth-order valence-corrected chi connectivity index (χ4v) is 4.03. The monoisotopic (exact) mass is 482 g/mol. The van der Waals surface area contributed by atoms with Gasteiger partial charge in [0.15, 0.2) is 23.0 Å². The number of thioether (sulfide) groups is 1. The van der Waals surface area contributed by atoms with Crippen LogP contribution >= 0.6 is 23.3 Å². The number of hydrogen-bond acceptors (Lipinski definition) is 10. The number of rotatable bonds is 8. The maximum atomic E-state index is 12.5. The van der Waals surface area contributed by atoms with Crippen LogP contribution in [0.15, 0.2) is 47.1 Å². The number of nitrogens with zero attached hydrogens (tertiary/aromatic N) is 3. The zero-order valence-corrected chi connectivity index (χ0v) is 19.3. The Morgan fingerprint density at radius 2 is 2.12 bits per heavy atom. The first-order chi connectivity index (χ1) is 16.1. The first-order valence-electron chi connectivity index (χ1n) is 9.60. The summed E-state index contributed by atoms with van der Waals surface area (Å²) in [6.45, 7) is 0.513. The lowest BCUT2D eigenvalue weighted by atomic mass is 10.1. The highest BCUT2D eigenvalue weighted by Gasteiger charge is 2.15. The van der Waals surface area contributed by atoms with Crippen LogP contribution in [0.5, 0.6) is 23.0 Å². The van der Waals surface area contributed by atoms with Crippen molar-refractivity contribution in [3.63, 3.8) is 0 Å². The second-order valence-electron chi connectivity index (χ2n) is 6.60. The Bertz CT molecular complexity index is 1250. The van der Waals surface area contributed by atoms with Crippen molar-refractivity contribution in [3.8, 4) is 29.1 Å². The number of carbonyl (C=O) groups excluding carboxylic acids is 1. The zero-order chi connectivity index (χ0) is 23.2. The number of fused-ring (bicyclic) bond motifs is 1. The molecule has 0 saturated carbocycles. The van der Waals surface area contributed by atoms with Crippen LogP contribution in [0.3, 0.4) is 0 Å². The Hall–Kier alpha value is -3.75. The number of carbonyl (C=O) groups is 1. The maximum Gasteiger partial charge on any atom is 0.268 e. The second-order valence-corrected chi connectivity index (χ2v) is 8.12. The predicted octanol–water partition coefficient (Wildman–Crippen LogP) is 4.12. The summed E-state index contributed by atoms with van der Waals surface area (Å²) in [5.74, 6) is 1.82. The minimum Gasteiger partial charge on any atom is -0.493 e.